The smallest absolute Gasteiger partial charge is 0.276 e. The zero-order valence-electron chi connectivity index (χ0n) is 17.6. The minimum atomic E-state index is -0.326. The van der Waals surface area contributed by atoms with Crippen LogP contribution in [0.2, 0.25) is 0 Å². The summed E-state index contributed by atoms with van der Waals surface area (Å²) in [7, 11) is 0. The molecule has 0 aliphatic rings. The molecule has 0 aliphatic heterocycles. The highest BCUT2D eigenvalue weighted by Gasteiger charge is 2.14. The normalized spacial score (nSPS) is 11.1. The molecule has 0 bridgehead atoms. The number of pyridine rings is 1. The monoisotopic (exact) mass is 448 g/mol. The van der Waals surface area contributed by atoms with Crippen molar-refractivity contribution in [2.24, 2.45) is 0 Å². The summed E-state index contributed by atoms with van der Waals surface area (Å²) in [6.07, 6.45) is 4.97. The molecule has 164 valence electrons. The van der Waals surface area contributed by atoms with Crippen molar-refractivity contribution >= 4 is 17.2 Å². The third-order valence-corrected chi connectivity index (χ3v) is 5.24. The van der Waals surface area contributed by atoms with Crippen molar-refractivity contribution in [2.75, 3.05) is 5.32 Å². The van der Waals surface area contributed by atoms with Gasteiger partial charge in [0.1, 0.15) is 5.69 Å². The van der Waals surface area contributed by atoms with Crippen molar-refractivity contribution in [1.29, 1.82) is 0 Å². The van der Waals surface area contributed by atoms with E-state index in [-0.39, 0.29) is 11.6 Å². The van der Waals surface area contributed by atoms with Crippen LogP contribution in [0.1, 0.15) is 10.5 Å². The summed E-state index contributed by atoms with van der Waals surface area (Å²) in [5.74, 6) is 0.921. The fraction of sp³-hybridized carbons (Fsp3) is 0. The Kier molecular flexibility index (Phi) is 4.66. The molecule has 0 unspecified atom stereocenters. The number of fused-ring (bicyclic) bond motifs is 1. The van der Waals surface area contributed by atoms with E-state index in [0.717, 1.165) is 16.8 Å². The van der Waals surface area contributed by atoms with Gasteiger partial charge in [-0.2, -0.15) is 14.7 Å². The van der Waals surface area contributed by atoms with Gasteiger partial charge in [0.05, 0.1) is 12.0 Å². The summed E-state index contributed by atoms with van der Waals surface area (Å²) in [5, 5.41) is 22.9. The lowest BCUT2D eigenvalue weighted by atomic mass is 10.1. The molecule has 0 saturated carbocycles. The molecule has 6 rings (SSSR count). The van der Waals surface area contributed by atoms with Crippen molar-refractivity contribution in [3.63, 3.8) is 0 Å². The Morgan fingerprint density at radius 3 is 2.59 bits per heavy atom. The number of hydrogen-bond donors (Lipinski definition) is 2. The van der Waals surface area contributed by atoms with E-state index in [0.29, 0.717) is 28.6 Å². The van der Waals surface area contributed by atoms with Crippen LogP contribution in [-0.4, -0.2) is 40.9 Å². The third kappa shape index (κ3) is 3.58. The maximum absolute atomic E-state index is 12.6. The van der Waals surface area contributed by atoms with Gasteiger partial charge in [-0.15, -0.1) is 10.2 Å². The number of carbonyl (C=O) groups is 1. The van der Waals surface area contributed by atoms with Crippen LogP contribution in [0.15, 0.2) is 89.8 Å². The van der Waals surface area contributed by atoms with Crippen LogP contribution in [0.3, 0.4) is 0 Å². The van der Waals surface area contributed by atoms with Gasteiger partial charge in [0.25, 0.3) is 5.91 Å². The summed E-state index contributed by atoms with van der Waals surface area (Å²) < 4.78 is 7.02. The van der Waals surface area contributed by atoms with Crippen LogP contribution in [0.5, 0.6) is 0 Å². The predicted molar refractivity (Wildman–Crippen MR) is 124 cm³/mol. The second-order valence-corrected chi connectivity index (χ2v) is 7.42. The molecule has 5 heterocycles. The number of furan rings is 1. The lowest BCUT2D eigenvalue weighted by Crippen LogP contribution is -2.12. The number of rotatable bonds is 5. The summed E-state index contributed by atoms with van der Waals surface area (Å²) in [4.78, 5) is 16.6. The minimum Gasteiger partial charge on any atom is -0.463 e. The number of aromatic nitrogens is 7. The molecule has 0 radical (unpaired) electrons. The van der Waals surface area contributed by atoms with E-state index in [4.69, 9.17) is 9.52 Å². The minimum absolute atomic E-state index is 0.263. The summed E-state index contributed by atoms with van der Waals surface area (Å²) >= 11 is 0. The highest BCUT2D eigenvalue weighted by atomic mass is 16.3. The topological polar surface area (TPSA) is 127 Å². The number of anilines is 1. The molecule has 6 aromatic rings. The number of carbonyl (C=O) groups excluding carboxylic acids is 1. The molecule has 0 saturated heterocycles. The molecule has 0 fully saturated rings. The van der Waals surface area contributed by atoms with Gasteiger partial charge < -0.3 is 9.73 Å². The molecule has 10 heteroatoms. The zero-order chi connectivity index (χ0) is 22.9. The van der Waals surface area contributed by atoms with Crippen molar-refractivity contribution in [1.82, 2.24) is 35.0 Å². The van der Waals surface area contributed by atoms with E-state index in [2.05, 4.69) is 30.7 Å². The van der Waals surface area contributed by atoms with E-state index in [9.17, 15) is 4.79 Å². The van der Waals surface area contributed by atoms with Crippen molar-refractivity contribution in [3.05, 3.63) is 91.1 Å². The van der Waals surface area contributed by atoms with Crippen molar-refractivity contribution in [3.8, 4) is 34.1 Å². The van der Waals surface area contributed by atoms with E-state index in [1.165, 1.54) is 0 Å². The molecular weight excluding hydrogens is 432 g/mol. The second-order valence-electron chi connectivity index (χ2n) is 7.42. The molecule has 0 spiro atoms. The van der Waals surface area contributed by atoms with Gasteiger partial charge in [0.15, 0.2) is 22.9 Å². The Bertz CT molecular complexity index is 1590. The molecule has 1 amide bonds. The number of amides is 1. The van der Waals surface area contributed by atoms with Gasteiger partial charge in [0.2, 0.25) is 0 Å². The lowest BCUT2D eigenvalue weighted by Gasteiger charge is -2.06. The number of nitrogens with zero attached hydrogens (tertiary/aromatic N) is 6. The van der Waals surface area contributed by atoms with Crippen LogP contribution in [0.25, 0.3) is 39.7 Å². The third-order valence-electron chi connectivity index (χ3n) is 5.24. The van der Waals surface area contributed by atoms with Gasteiger partial charge in [-0.3, -0.25) is 14.9 Å². The molecule has 2 N–H and O–H groups in total. The van der Waals surface area contributed by atoms with E-state index < -0.39 is 0 Å². The quantitative estimate of drug-likeness (QED) is 0.407. The molecule has 0 atom stereocenters. The van der Waals surface area contributed by atoms with Gasteiger partial charge in [-0.25, -0.2) is 0 Å². The number of aromatic amines is 1. The summed E-state index contributed by atoms with van der Waals surface area (Å²) in [5.41, 5.74) is 4.68. The van der Waals surface area contributed by atoms with Crippen LogP contribution in [-0.2, 0) is 0 Å². The molecule has 0 aliphatic carbocycles. The first-order valence-electron chi connectivity index (χ1n) is 10.4. The largest absolute Gasteiger partial charge is 0.463 e. The van der Waals surface area contributed by atoms with Crippen LogP contribution >= 0.6 is 0 Å². The van der Waals surface area contributed by atoms with E-state index in [1.807, 2.05) is 48.5 Å². The SMILES string of the molecule is O=C(Nc1ccc(-c2ccc3nnc(-c4ccncc4)n3n2)cc1)c1cc(-c2ccco2)[nH]n1. The van der Waals surface area contributed by atoms with Crippen molar-refractivity contribution < 1.29 is 9.21 Å². The van der Waals surface area contributed by atoms with Crippen molar-refractivity contribution in [2.45, 2.75) is 0 Å². The standard InChI is InChI=1S/C24H16N8O2/c33-24(20-14-19(27-28-20)21-2-1-13-34-21)26-17-5-3-15(4-6-17)18-7-8-22-29-30-23(32(22)31-18)16-9-11-25-12-10-16/h1-14H,(H,26,33)(H,27,28). The maximum atomic E-state index is 12.6. The molecule has 10 nitrogen and oxygen atoms in total. The van der Waals surface area contributed by atoms with Crippen LogP contribution in [0.4, 0.5) is 5.69 Å². The maximum Gasteiger partial charge on any atom is 0.276 e. The predicted octanol–water partition coefficient (Wildman–Crippen LogP) is 4.09. The number of nitrogens with one attached hydrogen (secondary N) is 2. The van der Waals surface area contributed by atoms with Crippen LogP contribution in [0, 0.1) is 0 Å². The summed E-state index contributed by atoms with van der Waals surface area (Å²) in [6, 6.07) is 20.1. The summed E-state index contributed by atoms with van der Waals surface area (Å²) in [6.45, 7) is 0. The number of benzene rings is 1. The second kappa shape index (κ2) is 8.10. The first-order chi connectivity index (χ1) is 16.7. The highest BCUT2D eigenvalue weighted by molar-refractivity contribution is 6.03. The van der Waals surface area contributed by atoms with Gasteiger partial charge in [-0.1, -0.05) is 12.1 Å². The van der Waals surface area contributed by atoms with E-state index >= 15 is 0 Å². The Hall–Kier alpha value is -5.12. The van der Waals surface area contributed by atoms with Crippen LogP contribution < -0.4 is 5.32 Å². The highest BCUT2D eigenvalue weighted by Crippen LogP contribution is 2.23. The molecular formula is C24H16N8O2. The molecule has 34 heavy (non-hydrogen) atoms. The van der Waals surface area contributed by atoms with E-state index in [1.54, 1.807) is 41.4 Å². The van der Waals surface area contributed by atoms with Gasteiger partial charge in [0, 0.05) is 35.3 Å². The first kappa shape index (κ1) is 19.6. The fourth-order valence-corrected chi connectivity index (χ4v) is 3.54. The fourth-order valence-electron chi connectivity index (χ4n) is 3.54. The Morgan fingerprint density at radius 1 is 0.941 bits per heavy atom. The van der Waals surface area contributed by atoms with Gasteiger partial charge >= 0.3 is 0 Å². The Morgan fingerprint density at radius 2 is 1.79 bits per heavy atom. The van der Waals surface area contributed by atoms with Gasteiger partial charge in [-0.05, 0) is 48.5 Å². The first-order valence-corrected chi connectivity index (χ1v) is 10.4. The average Bonchev–Trinajstić information content (AvgIpc) is 3.65. The Labute approximate surface area is 192 Å². The Balaban J connectivity index is 1.22. The zero-order valence-corrected chi connectivity index (χ0v) is 17.6. The molecule has 1 aromatic carbocycles. The number of H-pyrrole nitrogens is 1. The average molecular weight is 448 g/mol. The molecule has 5 aromatic heterocycles. The lowest BCUT2D eigenvalue weighted by molar-refractivity contribution is 0.102. The number of hydrogen-bond acceptors (Lipinski definition) is 7.